The van der Waals surface area contributed by atoms with Crippen molar-refractivity contribution in [3.05, 3.63) is 59.7 Å². The van der Waals surface area contributed by atoms with Crippen molar-refractivity contribution in [3.63, 3.8) is 0 Å². The van der Waals surface area contributed by atoms with E-state index in [0.717, 1.165) is 0 Å². The van der Waals surface area contributed by atoms with E-state index in [1.54, 1.807) is 0 Å². The minimum atomic E-state index is -0.344. The zero-order chi connectivity index (χ0) is 19.7. The number of nitrogens with one attached hydrogen (secondary N) is 1. The molecule has 4 nitrogen and oxygen atoms in total. The Labute approximate surface area is 163 Å². The lowest BCUT2D eigenvalue weighted by molar-refractivity contribution is -0.00676. The molecule has 0 spiro atoms. The molecule has 0 amide bonds. The molecular formula is C23H33N3O. The normalized spacial score (nSPS) is 28.0. The maximum absolute atomic E-state index is 10.9. The van der Waals surface area contributed by atoms with E-state index in [-0.39, 0.29) is 30.0 Å². The molecule has 1 aliphatic heterocycles. The highest BCUT2D eigenvalue weighted by atomic mass is 16.3. The van der Waals surface area contributed by atoms with Gasteiger partial charge in [0.1, 0.15) is 0 Å². The smallest absolute Gasteiger partial charge is 0.0627 e. The number of aliphatic hydroxyl groups is 1. The monoisotopic (exact) mass is 367 g/mol. The summed E-state index contributed by atoms with van der Waals surface area (Å²) < 4.78 is 0. The van der Waals surface area contributed by atoms with Gasteiger partial charge >= 0.3 is 0 Å². The van der Waals surface area contributed by atoms with Crippen LogP contribution < -0.4 is 15.1 Å². The summed E-state index contributed by atoms with van der Waals surface area (Å²) >= 11 is 0. The lowest BCUT2D eigenvalue weighted by atomic mass is 9.75. The van der Waals surface area contributed by atoms with Gasteiger partial charge in [0, 0.05) is 63.5 Å². The molecule has 0 radical (unpaired) electrons. The van der Waals surface area contributed by atoms with Crippen LogP contribution in [0.25, 0.3) is 0 Å². The Morgan fingerprint density at radius 3 is 1.30 bits per heavy atom. The fraction of sp³-hybridized carbons (Fsp3) is 0.478. The average molecular weight is 368 g/mol. The minimum absolute atomic E-state index is 0.130. The molecule has 2 aromatic carbocycles. The predicted octanol–water partition coefficient (Wildman–Crippen LogP) is 3.84. The van der Waals surface area contributed by atoms with E-state index >= 15 is 0 Å². The highest BCUT2D eigenvalue weighted by Crippen LogP contribution is 2.41. The molecule has 0 saturated carbocycles. The summed E-state index contributed by atoms with van der Waals surface area (Å²) in [5.41, 5.74) is 4.84. The van der Waals surface area contributed by atoms with Crippen LogP contribution in [0.5, 0.6) is 0 Å². The van der Waals surface area contributed by atoms with Crippen LogP contribution in [-0.4, -0.2) is 39.4 Å². The van der Waals surface area contributed by atoms with Crippen LogP contribution in [0, 0.1) is 11.8 Å². The van der Waals surface area contributed by atoms with Crippen LogP contribution in [0.1, 0.15) is 37.1 Å². The van der Waals surface area contributed by atoms with Crippen molar-refractivity contribution >= 4 is 11.4 Å². The van der Waals surface area contributed by atoms with E-state index in [2.05, 4.69) is 106 Å². The summed E-state index contributed by atoms with van der Waals surface area (Å²) in [4.78, 5) is 4.21. The number of hydrogen-bond acceptors (Lipinski definition) is 4. The summed E-state index contributed by atoms with van der Waals surface area (Å²) in [6.07, 6.45) is -0.344. The number of rotatable bonds is 4. The van der Waals surface area contributed by atoms with Gasteiger partial charge in [0.25, 0.3) is 0 Å². The quantitative estimate of drug-likeness (QED) is 0.861. The van der Waals surface area contributed by atoms with Crippen molar-refractivity contribution in [2.75, 3.05) is 38.0 Å². The topological polar surface area (TPSA) is 38.7 Å². The third-order valence-electron chi connectivity index (χ3n) is 6.03. The van der Waals surface area contributed by atoms with Crippen LogP contribution in [0.3, 0.4) is 0 Å². The largest absolute Gasteiger partial charge is 0.392 e. The first-order valence-corrected chi connectivity index (χ1v) is 9.78. The molecule has 0 bridgehead atoms. The Morgan fingerprint density at radius 2 is 1.00 bits per heavy atom. The van der Waals surface area contributed by atoms with Gasteiger partial charge in [-0.3, -0.25) is 0 Å². The van der Waals surface area contributed by atoms with Gasteiger partial charge in [0.2, 0.25) is 0 Å². The highest BCUT2D eigenvalue weighted by molar-refractivity contribution is 5.48. The van der Waals surface area contributed by atoms with Crippen LogP contribution in [-0.2, 0) is 0 Å². The summed E-state index contributed by atoms with van der Waals surface area (Å²) in [5, 5.41) is 14.8. The lowest BCUT2D eigenvalue weighted by Crippen LogP contribution is -2.48. The van der Waals surface area contributed by atoms with Crippen molar-refractivity contribution in [1.29, 1.82) is 0 Å². The number of nitrogens with zero attached hydrogens (tertiary/aromatic N) is 2. The summed E-state index contributed by atoms with van der Waals surface area (Å²) in [5.74, 6) is 0.310. The van der Waals surface area contributed by atoms with Crippen molar-refractivity contribution in [2.24, 2.45) is 11.8 Å². The standard InChI is InChI=1S/C23H33N3O/c1-15-21(17-7-11-19(12-8-17)25(3)4)24-22(16(2)23(15)27)18-9-13-20(14-10-18)26(5)6/h7-16,21-24,27H,1-6H3/t15-,16+,21-,22-,23?/m0/s1. The van der Waals surface area contributed by atoms with Crippen molar-refractivity contribution in [2.45, 2.75) is 32.0 Å². The van der Waals surface area contributed by atoms with Gasteiger partial charge in [-0.05, 0) is 35.4 Å². The predicted molar refractivity (Wildman–Crippen MR) is 114 cm³/mol. The van der Waals surface area contributed by atoms with E-state index in [1.807, 2.05) is 0 Å². The Morgan fingerprint density at radius 1 is 0.667 bits per heavy atom. The van der Waals surface area contributed by atoms with Crippen molar-refractivity contribution in [1.82, 2.24) is 5.32 Å². The van der Waals surface area contributed by atoms with E-state index in [0.29, 0.717) is 0 Å². The number of benzene rings is 2. The minimum Gasteiger partial charge on any atom is -0.392 e. The fourth-order valence-corrected chi connectivity index (χ4v) is 4.13. The van der Waals surface area contributed by atoms with E-state index in [4.69, 9.17) is 0 Å². The first kappa shape index (κ1) is 19.7. The molecule has 27 heavy (non-hydrogen) atoms. The second-order valence-corrected chi connectivity index (χ2v) is 8.30. The molecule has 1 saturated heterocycles. The molecule has 3 rings (SSSR count). The second kappa shape index (κ2) is 7.91. The van der Waals surface area contributed by atoms with Gasteiger partial charge in [-0.25, -0.2) is 0 Å². The molecule has 2 N–H and O–H groups in total. The highest BCUT2D eigenvalue weighted by Gasteiger charge is 2.40. The molecule has 1 unspecified atom stereocenters. The van der Waals surface area contributed by atoms with E-state index < -0.39 is 0 Å². The van der Waals surface area contributed by atoms with Crippen LogP contribution in [0.15, 0.2) is 48.5 Å². The second-order valence-electron chi connectivity index (χ2n) is 8.30. The van der Waals surface area contributed by atoms with Crippen molar-refractivity contribution in [3.8, 4) is 0 Å². The van der Waals surface area contributed by atoms with Crippen LogP contribution in [0.4, 0.5) is 11.4 Å². The maximum Gasteiger partial charge on any atom is 0.0627 e. The average Bonchev–Trinajstić information content (AvgIpc) is 2.66. The Balaban J connectivity index is 1.87. The lowest BCUT2D eigenvalue weighted by Gasteiger charge is -2.44. The van der Waals surface area contributed by atoms with Crippen molar-refractivity contribution < 1.29 is 5.11 Å². The van der Waals surface area contributed by atoms with Gasteiger partial charge in [0.05, 0.1) is 6.10 Å². The fourth-order valence-electron chi connectivity index (χ4n) is 4.13. The molecule has 1 fully saturated rings. The molecule has 0 aromatic heterocycles. The molecule has 2 aromatic rings. The first-order chi connectivity index (χ1) is 12.8. The Kier molecular flexibility index (Phi) is 5.78. The molecular weight excluding hydrogens is 334 g/mol. The summed E-state index contributed by atoms with van der Waals surface area (Å²) in [6, 6.07) is 17.6. The third-order valence-corrected chi connectivity index (χ3v) is 6.03. The first-order valence-electron chi connectivity index (χ1n) is 9.78. The van der Waals surface area contributed by atoms with Gasteiger partial charge in [-0.15, -0.1) is 0 Å². The molecule has 1 heterocycles. The van der Waals surface area contributed by atoms with Gasteiger partial charge < -0.3 is 20.2 Å². The summed E-state index contributed by atoms with van der Waals surface area (Å²) in [7, 11) is 8.20. The SMILES string of the molecule is C[C@@H]1C(O)[C@H](C)[C@@H](c2ccc(N(C)C)cc2)N[C@@H]1c1ccc(N(C)C)cc1. The zero-order valence-corrected chi connectivity index (χ0v) is 17.3. The van der Waals surface area contributed by atoms with E-state index in [9.17, 15) is 5.11 Å². The zero-order valence-electron chi connectivity index (χ0n) is 17.3. The van der Waals surface area contributed by atoms with Crippen LogP contribution in [0.2, 0.25) is 0 Å². The summed E-state index contributed by atoms with van der Waals surface area (Å²) in [6.45, 7) is 4.29. The molecule has 4 heteroatoms. The Bertz CT molecular complexity index is 676. The Hall–Kier alpha value is -2.04. The molecule has 146 valence electrons. The third kappa shape index (κ3) is 3.97. The van der Waals surface area contributed by atoms with Gasteiger partial charge in [0.15, 0.2) is 0 Å². The van der Waals surface area contributed by atoms with Gasteiger partial charge in [-0.2, -0.15) is 0 Å². The van der Waals surface area contributed by atoms with Gasteiger partial charge in [-0.1, -0.05) is 38.1 Å². The number of anilines is 2. The molecule has 1 aliphatic rings. The number of hydrogen-bond donors (Lipinski definition) is 2. The molecule has 5 atom stereocenters. The van der Waals surface area contributed by atoms with E-state index in [1.165, 1.54) is 22.5 Å². The van der Waals surface area contributed by atoms with Crippen LogP contribution >= 0.6 is 0 Å². The maximum atomic E-state index is 10.9. The number of piperidine rings is 1. The molecule has 0 aliphatic carbocycles. The number of aliphatic hydroxyl groups excluding tert-OH is 1.